The molecular weight excluding hydrogens is 153 g/mol. The van der Waals surface area contributed by atoms with E-state index in [1.807, 2.05) is 0 Å². The van der Waals surface area contributed by atoms with Gasteiger partial charge in [0.05, 0.1) is 0 Å². The minimum Gasteiger partial charge on any atom is -0.512 e. The second kappa shape index (κ2) is 11.3. The van der Waals surface area contributed by atoms with Gasteiger partial charge in [-0.2, -0.15) is 0 Å². The second-order valence-electron chi connectivity index (χ2n) is 1.06. The Bertz CT molecular complexity index is 96.3. The van der Waals surface area contributed by atoms with Gasteiger partial charge in [-0.25, -0.2) is 0 Å². The summed E-state index contributed by atoms with van der Waals surface area (Å²) in [5.41, 5.74) is 0. The maximum atomic E-state index is 10.3. The van der Waals surface area contributed by atoms with Crippen molar-refractivity contribution in [3.8, 4) is 0 Å². The van der Waals surface area contributed by atoms with Gasteiger partial charge in [0.15, 0.2) is 0 Å². The first-order valence-electron chi connectivity index (χ1n) is 2.76. The van der Waals surface area contributed by atoms with E-state index in [1.54, 1.807) is 13.8 Å². The summed E-state index contributed by atoms with van der Waals surface area (Å²) in [7, 11) is -1.83. The van der Waals surface area contributed by atoms with Crippen LogP contribution in [0.3, 0.4) is 0 Å². The van der Waals surface area contributed by atoms with Gasteiger partial charge in [-0.3, -0.25) is 0 Å². The van der Waals surface area contributed by atoms with Crippen molar-refractivity contribution in [2.24, 2.45) is 0 Å². The largest absolute Gasteiger partial charge is 0.697 e. The van der Waals surface area contributed by atoms with Crippen LogP contribution in [0.2, 0.25) is 0 Å². The van der Waals surface area contributed by atoms with Crippen LogP contribution in [0.25, 0.3) is 0 Å². The third kappa shape index (κ3) is 10.5. The van der Waals surface area contributed by atoms with Gasteiger partial charge in [-0.1, -0.05) is 0 Å². The SMILES string of the molecule is CCO[P+](=O)OCC.[C-]#N. The molecule has 0 aromatic carbocycles. The van der Waals surface area contributed by atoms with Gasteiger partial charge in [0, 0.05) is 4.57 Å². The fraction of sp³-hybridized carbons (Fsp3) is 0.800. The van der Waals surface area contributed by atoms with E-state index >= 15 is 0 Å². The van der Waals surface area contributed by atoms with Gasteiger partial charge in [-0.15, -0.1) is 9.05 Å². The standard InChI is InChI=1S/C4H10O3P.CN/c1-3-6-8(5)7-4-2;1-2/h3-4H2,1-2H3;/q+1;-1. The first kappa shape index (κ1) is 12.2. The quantitative estimate of drug-likeness (QED) is 0.468. The molecule has 0 amide bonds. The summed E-state index contributed by atoms with van der Waals surface area (Å²) < 4.78 is 19.5. The van der Waals surface area contributed by atoms with Crippen LogP contribution in [0.15, 0.2) is 0 Å². The minimum absolute atomic E-state index is 0.440. The number of hydrogen-bond acceptors (Lipinski definition) is 4. The van der Waals surface area contributed by atoms with E-state index in [1.165, 1.54) is 0 Å². The molecule has 10 heavy (non-hydrogen) atoms. The molecule has 0 aliphatic carbocycles. The Balaban J connectivity index is 0. The van der Waals surface area contributed by atoms with Crippen LogP contribution in [0.4, 0.5) is 0 Å². The Labute approximate surface area is 61.7 Å². The first-order valence-corrected chi connectivity index (χ1v) is 3.86. The molecule has 5 heteroatoms. The van der Waals surface area contributed by atoms with Crippen LogP contribution in [0.1, 0.15) is 13.8 Å². The zero-order valence-corrected chi connectivity index (χ0v) is 6.93. The third-order valence-electron chi connectivity index (χ3n) is 0.469. The van der Waals surface area contributed by atoms with E-state index in [-0.39, 0.29) is 0 Å². The van der Waals surface area contributed by atoms with Crippen molar-refractivity contribution in [1.29, 1.82) is 5.26 Å². The monoisotopic (exact) mass is 163 g/mol. The highest BCUT2D eigenvalue weighted by atomic mass is 31.1. The fourth-order valence-electron chi connectivity index (χ4n) is 0.248. The molecule has 0 saturated carbocycles. The van der Waals surface area contributed by atoms with Crippen molar-refractivity contribution in [2.45, 2.75) is 13.8 Å². The Morgan fingerprint density at radius 3 is 1.80 bits per heavy atom. The highest BCUT2D eigenvalue weighted by molar-refractivity contribution is 7.33. The average Bonchev–Trinajstić information content (AvgIpc) is 1.93. The average molecular weight is 163 g/mol. The van der Waals surface area contributed by atoms with Crippen LogP contribution in [-0.2, 0) is 13.6 Å². The van der Waals surface area contributed by atoms with Crippen LogP contribution in [0.5, 0.6) is 0 Å². The Morgan fingerprint density at radius 1 is 1.30 bits per heavy atom. The van der Waals surface area contributed by atoms with Gasteiger partial charge in [0.2, 0.25) is 0 Å². The lowest BCUT2D eigenvalue weighted by atomic mass is 10.9. The summed E-state index contributed by atoms with van der Waals surface area (Å²) in [5.74, 6) is 0. The van der Waals surface area contributed by atoms with E-state index in [0.29, 0.717) is 13.2 Å². The minimum atomic E-state index is -1.83. The van der Waals surface area contributed by atoms with Gasteiger partial charge >= 0.3 is 8.25 Å². The zero-order chi connectivity index (χ0) is 8.41. The Kier molecular flexibility index (Phi) is 13.8. The molecule has 0 unspecified atom stereocenters. The summed E-state index contributed by atoms with van der Waals surface area (Å²) in [6, 6.07) is 0. The van der Waals surface area contributed by atoms with Crippen molar-refractivity contribution in [3.63, 3.8) is 0 Å². The molecule has 0 rings (SSSR count). The summed E-state index contributed by atoms with van der Waals surface area (Å²) in [5, 5.41) is 6.25. The van der Waals surface area contributed by atoms with E-state index < -0.39 is 8.25 Å². The van der Waals surface area contributed by atoms with Gasteiger partial charge < -0.3 is 11.8 Å². The molecule has 0 heterocycles. The molecule has 0 atom stereocenters. The van der Waals surface area contributed by atoms with Crippen molar-refractivity contribution < 1.29 is 13.6 Å². The van der Waals surface area contributed by atoms with E-state index in [9.17, 15) is 4.57 Å². The summed E-state index contributed by atoms with van der Waals surface area (Å²) in [6.45, 7) is 9.17. The van der Waals surface area contributed by atoms with Crippen molar-refractivity contribution >= 4 is 8.25 Å². The Hall–Kier alpha value is -0.490. The maximum absolute atomic E-state index is 10.3. The third-order valence-corrected chi connectivity index (χ3v) is 1.41. The summed E-state index contributed by atoms with van der Waals surface area (Å²) in [4.78, 5) is 0. The second-order valence-corrected chi connectivity index (χ2v) is 2.02. The van der Waals surface area contributed by atoms with Crippen molar-refractivity contribution in [2.75, 3.05) is 13.2 Å². The van der Waals surface area contributed by atoms with Crippen LogP contribution in [0, 0.1) is 11.8 Å². The summed E-state index contributed by atoms with van der Waals surface area (Å²) in [6.07, 6.45) is 0. The molecule has 0 aromatic heterocycles. The lowest BCUT2D eigenvalue weighted by molar-refractivity contribution is 0.243. The van der Waals surface area contributed by atoms with E-state index in [0.717, 1.165) is 0 Å². The van der Waals surface area contributed by atoms with E-state index in [4.69, 9.17) is 11.8 Å². The predicted octanol–water partition coefficient (Wildman–Crippen LogP) is 1.81. The van der Waals surface area contributed by atoms with E-state index in [2.05, 4.69) is 9.05 Å². The van der Waals surface area contributed by atoms with Gasteiger partial charge in [0.1, 0.15) is 13.2 Å². The van der Waals surface area contributed by atoms with Gasteiger partial charge in [0.25, 0.3) is 0 Å². The first-order chi connectivity index (χ1) is 4.81. The molecule has 0 bridgehead atoms. The molecule has 0 aliphatic heterocycles. The molecule has 0 radical (unpaired) electrons. The molecule has 0 saturated heterocycles. The molecule has 0 aliphatic rings. The van der Waals surface area contributed by atoms with Crippen molar-refractivity contribution in [3.05, 3.63) is 6.57 Å². The smallest absolute Gasteiger partial charge is 0.512 e. The number of hydrogen-bond donors (Lipinski definition) is 0. The van der Waals surface area contributed by atoms with Gasteiger partial charge in [-0.05, 0) is 13.8 Å². The predicted molar refractivity (Wildman–Crippen MR) is 35.8 cm³/mol. The lowest BCUT2D eigenvalue weighted by Crippen LogP contribution is -1.81. The lowest BCUT2D eigenvalue weighted by Gasteiger charge is -1.78. The zero-order valence-electron chi connectivity index (χ0n) is 6.03. The highest BCUT2D eigenvalue weighted by Crippen LogP contribution is 2.21. The van der Waals surface area contributed by atoms with Crippen LogP contribution >= 0.6 is 8.25 Å². The summed E-state index contributed by atoms with van der Waals surface area (Å²) >= 11 is 0. The topological polar surface area (TPSA) is 59.3 Å². The fourth-order valence-corrected chi connectivity index (χ4v) is 0.744. The van der Waals surface area contributed by atoms with Crippen LogP contribution < -0.4 is 0 Å². The highest BCUT2D eigenvalue weighted by Gasteiger charge is 2.15. The number of nitrogens with zero attached hydrogens (tertiary/aromatic N) is 1. The maximum Gasteiger partial charge on any atom is 0.697 e. The molecule has 0 N–H and O–H groups in total. The molecule has 4 nitrogen and oxygen atoms in total. The Morgan fingerprint density at radius 2 is 1.60 bits per heavy atom. The number of rotatable bonds is 4. The van der Waals surface area contributed by atoms with Crippen LogP contribution in [-0.4, -0.2) is 13.2 Å². The molecule has 58 valence electrons. The molecular formula is C5H10NO3P. The molecule has 0 spiro atoms. The molecule has 0 fully saturated rings. The normalized spacial score (nSPS) is 7.60. The molecule has 0 aromatic rings. The van der Waals surface area contributed by atoms with Crippen molar-refractivity contribution in [1.82, 2.24) is 0 Å².